The molecule has 0 fully saturated rings. The van der Waals surface area contributed by atoms with E-state index in [1.54, 1.807) is 42.5 Å². The molecule has 5 aromatic carbocycles. The van der Waals surface area contributed by atoms with E-state index < -0.39 is 20.8 Å². The van der Waals surface area contributed by atoms with E-state index in [1.165, 1.54) is 12.1 Å². The number of aromatic nitrogens is 2. The van der Waals surface area contributed by atoms with Gasteiger partial charge in [-0.2, -0.15) is 13.5 Å². The molecule has 0 atom stereocenters. The summed E-state index contributed by atoms with van der Waals surface area (Å²) in [5.41, 5.74) is 7.80. The summed E-state index contributed by atoms with van der Waals surface area (Å²) in [5.74, 6) is -0.431. The topological polar surface area (TPSA) is 237 Å². The van der Waals surface area contributed by atoms with Crippen molar-refractivity contribution in [1.29, 1.82) is 0 Å². The highest BCUT2D eigenvalue weighted by molar-refractivity contribution is 7.94. The maximum atomic E-state index is 11.7. The smallest absolute Gasteiger partial charge is 0.323 e. The number of hydrogen-bond acceptors (Lipinski definition) is 13. The Balaban J connectivity index is 1.40. The number of phenols is 1. The van der Waals surface area contributed by atoms with Gasteiger partial charge in [0.1, 0.15) is 10.6 Å². The minimum atomic E-state index is -4.66. The number of aromatic amines is 2. The van der Waals surface area contributed by atoms with Gasteiger partial charge in [0.2, 0.25) is 0 Å². The molecule has 7 N–H and O–H groups in total. The van der Waals surface area contributed by atoms with Crippen molar-refractivity contribution in [2.75, 3.05) is 5.73 Å². The van der Waals surface area contributed by atoms with Gasteiger partial charge < -0.3 is 20.8 Å². The van der Waals surface area contributed by atoms with Gasteiger partial charge in [0.05, 0.1) is 50.7 Å². The molecular weight excluding hydrogens is 614 g/mol. The van der Waals surface area contributed by atoms with Crippen molar-refractivity contribution in [3.63, 3.8) is 0 Å². The summed E-state index contributed by atoms with van der Waals surface area (Å²) < 4.78 is 37.5. The summed E-state index contributed by atoms with van der Waals surface area (Å²) in [6.45, 7) is 0. The number of H-pyrrole nitrogens is 2. The van der Waals surface area contributed by atoms with Gasteiger partial charge in [0, 0.05) is 16.2 Å². The fraction of sp³-hybridized carbons (Fsp3) is 0. The van der Waals surface area contributed by atoms with E-state index in [-0.39, 0.29) is 32.7 Å². The lowest BCUT2D eigenvalue weighted by atomic mass is 10.1. The number of azo groups is 2. The number of benzene rings is 5. The number of fused-ring (bicyclic) bond motifs is 3. The second-order valence-electron chi connectivity index (χ2n) is 9.24. The molecule has 0 aliphatic carbocycles. The van der Waals surface area contributed by atoms with Gasteiger partial charge in [0.25, 0.3) is 10.1 Å². The third kappa shape index (κ3) is 5.61. The van der Waals surface area contributed by atoms with Crippen LogP contribution in [-0.2, 0) is 19.5 Å². The number of nitrogens with two attached hydrogens (primary N) is 1. The molecule has 0 bridgehead atoms. The fourth-order valence-electron chi connectivity index (χ4n) is 4.57. The van der Waals surface area contributed by atoms with Crippen molar-refractivity contribution in [3.05, 3.63) is 83.3 Å². The first-order valence-electron chi connectivity index (χ1n) is 12.4. The van der Waals surface area contributed by atoms with E-state index in [2.05, 4.69) is 39.8 Å². The highest BCUT2D eigenvalue weighted by Crippen LogP contribution is 2.46. The highest BCUT2D eigenvalue weighted by Gasteiger charge is 2.20. The summed E-state index contributed by atoms with van der Waals surface area (Å²) >= 11 is 0.463. The zero-order valence-electron chi connectivity index (χ0n) is 22.0. The highest BCUT2D eigenvalue weighted by atomic mass is 32.2. The third-order valence-corrected chi connectivity index (χ3v) is 8.05. The average Bonchev–Trinajstić information content (AvgIpc) is 3.37. The van der Waals surface area contributed by atoms with Crippen molar-refractivity contribution >= 4 is 83.2 Å². The molecule has 6 rings (SSSR count). The summed E-state index contributed by atoms with van der Waals surface area (Å²) in [7, 11) is -4.66. The number of hydrogen-bond donors (Lipinski definition) is 6. The lowest BCUT2D eigenvalue weighted by Crippen LogP contribution is -2.03. The monoisotopic (exact) mass is 633 g/mol. The lowest BCUT2D eigenvalue weighted by molar-refractivity contribution is -0.432. The number of anilines is 1. The number of nitrogen functional groups attached to an aromatic ring is 1. The molecule has 222 valence electrons. The molecule has 0 aliphatic heterocycles. The van der Waals surface area contributed by atoms with Crippen LogP contribution >= 0.6 is 12.0 Å². The summed E-state index contributed by atoms with van der Waals surface area (Å²) in [6, 6.07) is 19.3. The van der Waals surface area contributed by atoms with Crippen LogP contribution in [0.5, 0.6) is 5.75 Å². The van der Waals surface area contributed by atoms with Crippen molar-refractivity contribution in [2.45, 2.75) is 9.79 Å². The van der Waals surface area contributed by atoms with Crippen LogP contribution in [0.2, 0.25) is 0 Å². The maximum absolute atomic E-state index is 11.7. The predicted octanol–water partition coefficient (Wildman–Crippen LogP) is 6.96. The van der Waals surface area contributed by atoms with Crippen LogP contribution in [0, 0.1) is 0 Å². The van der Waals surface area contributed by atoms with Gasteiger partial charge in [-0.1, -0.05) is 29.3 Å². The van der Waals surface area contributed by atoms with E-state index in [1.807, 2.05) is 12.1 Å². The number of aromatic hydroxyl groups is 1. The predicted molar refractivity (Wildman–Crippen MR) is 162 cm³/mol. The van der Waals surface area contributed by atoms with Crippen LogP contribution < -0.4 is 11.4 Å². The van der Waals surface area contributed by atoms with Crippen molar-refractivity contribution in [3.8, 4) is 5.75 Å². The Hall–Kier alpha value is -5.17. The van der Waals surface area contributed by atoms with Gasteiger partial charge in [-0.25, -0.2) is 10.1 Å². The molecular formula is C27H19N7O8S2. The van der Waals surface area contributed by atoms with E-state index in [0.29, 0.717) is 50.9 Å². The first kappa shape index (κ1) is 28.9. The fourth-order valence-corrected chi connectivity index (χ4v) is 5.69. The van der Waals surface area contributed by atoms with E-state index >= 15 is 0 Å². The van der Waals surface area contributed by atoms with Crippen molar-refractivity contribution in [1.82, 2.24) is 9.97 Å². The summed E-state index contributed by atoms with van der Waals surface area (Å²) in [4.78, 5) is 16.4. The number of imidazole rings is 1. The third-order valence-electron chi connectivity index (χ3n) is 6.52. The second kappa shape index (κ2) is 11.5. The summed E-state index contributed by atoms with van der Waals surface area (Å²) in [5, 5.41) is 42.3. The van der Waals surface area contributed by atoms with Gasteiger partial charge in [-0.05, 0) is 53.9 Å². The first-order chi connectivity index (χ1) is 21.1. The minimum absolute atomic E-state index is 0.0781. The van der Waals surface area contributed by atoms with Crippen LogP contribution in [0.25, 0.3) is 32.6 Å². The number of phenolic OH excluding ortho intramolecular Hbond substituents is 1. The molecule has 6 aromatic rings. The zero-order chi connectivity index (χ0) is 31.0. The number of nitrogens with zero attached hydrogens (tertiary/aromatic N) is 4. The molecule has 0 radical (unpaired) electrons. The largest absolute Gasteiger partial charge is 0.505 e. The Bertz CT molecular complexity index is 2320. The standard InChI is InChI=1S/C27H19N7O8S2/c28-18-12-17-13(10-24(18)44(38,39)40)9-23(43-42-41-37)25(26(17)35)34-33-20-8-7-19(15-3-1-2-4-16(15)20)32-31-14-5-6-21-22(11-14)30-27(36)29-21/h1-12,35,37H,28H2,(H2,29,30,36)(H,38,39,40). The number of nitrogens with one attached hydrogen (secondary N) is 2. The molecule has 0 amide bonds. The lowest BCUT2D eigenvalue weighted by Gasteiger charge is -2.11. The molecule has 17 heteroatoms. The molecule has 0 unspecified atom stereocenters. The number of rotatable bonds is 8. The maximum Gasteiger partial charge on any atom is 0.323 e. The molecule has 1 heterocycles. The van der Waals surface area contributed by atoms with Crippen LogP contribution in [0.4, 0.5) is 28.4 Å². The molecule has 15 nitrogen and oxygen atoms in total. The van der Waals surface area contributed by atoms with Gasteiger partial charge in [-0.3, -0.25) is 4.55 Å². The van der Waals surface area contributed by atoms with Crippen molar-refractivity contribution in [2.24, 2.45) is 20.5 Å². The zero-order valence-corrected chi connectivity index (χ0v) is 23.6. The van der Waals surface area contributed by atoms with Gasteiger partial charge >= 0.3 is 5.69 Å². The van der Waals surface area contributed by atoms with Crippen molar-refractivity contribution < 1.29 is 32.7 Å². The molecule has 0 spiro atoms. The minimum Gasteiger partial charge on any atom is -0.505 e. The summed E-state index contributed by atoms with van der Waals surface area (Å²) in [6.07, 6.45) is 0. The quantitative estimate of drug-likeness (QED) is 0.0251. The molecule has 0 saturated carbocycles. The molecule has 1 aromatic heterocycles. The Labute approximate surface area is 250 Å². The Morgan fingerprint density at radius 2 is 1.50 bits per heavy atom. The first-order valence-corrected chi connectivity index (χ1v) is 14.6. The van der Waals surface area contributed by atoms with E-state index in [0.717, 1.165) is 6.07 Å². The SMILES string of the molecule is Nc1cc2c(O)c(N=Nc3ccc(N=Nc4ccc5[nH]c(=O)[nH]c5c4)c4ccccc34)c(SOOO)cc2cc1S(=O)(=O)O. The molecule has 0 saturated heterocycles. The van der Waals surface area contributed by atoms with Gasteiger partial charge in [-0.15, -0.1) is 19.7 Å². The average molecular weight is 634 g/mol. The molecule has 0 aliphatic rings. The van der Waals surface area contributed by atoms with E-state index in [4.69, 9.17) is 11.0 Å². The Kier molecular flexibility index (Phi) is 7.55. The normalized spacial score (nSPS) is 12.4. The Morgan fingerprint density at radius 1 is 0.818 bits per heavy atom. The van der Waals surface area contributed by atoms with Crippen LogP contribution in [0.3, 0.4) is 0 Å². The van der Waals surface area contributed by atoms with Crippen LogP contribution in [0.15, 0.2) is 108 Å². The Morgan fingerprint density at radius 3 is 2.18 bits per heavy atom. The second-order valence-corrected chi connectivity index (χ2v) is 11.4. The van der Waals surface area contributed by atoms with E-state index in [9.17, 15) is 22.9 Å². The van der Waals surface area contributed by atoms with Crippen LogP contribution in [0.1, 0.15) is 0 Å². The van der Waals surface area contributed by atoms with Crippen LogP contribution in [-0.4, -0.2) is 33.3 Å². The van der Waals surface area contributed by atoms with Gasteiger partial charge in [0.15, 0.2) is 5.75 Å². The molecule has 44 heavy (non-hydrogen) atoms.